The van der Waals surface area contributed by atoms with Gasteiger partial charge in [0.15, 0.2) is 11.6 Å². The highest BCUT2D eigenvalue weighted by Gasteiger charge is 2.64. The molecule has 4 aliphatic carbocycles. The molecule has 0 aromatic carbocycles. The van der Waals surface area contributed by atoms with E-state index in [0.717, 1.165) is 96.6 Å². The number of rotatable bonds is 7. The van der Waals surface area contributed by atoms with E-state index in [9.17, 15) is 60.3 Å². The number of carbonyl (C=O) groups excluding carboxylic acids is 8. The fraction of sp³-hybridized carbons (Fsp3) is 0.793. The van der Waals surface area contributed by atoms with Crippen molar-refractivity contribution in [1.29, 1.82) is 0 Å². The summed E-state index contributed by atoms with van der Waals surface area (Å²) in [5.74, 6) is -3.03. The lowest BCUT2D eigenvalue weighted by molar-refractivity contribution is -0.142. The molecule has 6 amide bonds. The van der Waals surface area contributed by atoms with Crippen LogP contribution in [0.25, 0.3) is 0 Å². The van der Waals surface area contributed by atoms with Gasteiger partial charge in [-0.05, 0) is 140 Å². The number of Topliss-reactive ketones (excluding diaryl/α,β-unsaturated/α-hetero) is 2. The summed E-state index contributed by atoms with van der Waals surface area (Å²) < 4.78 is 59.6. The molecule has 20 nitrogen and oxygen atoms in total. The SMILES string of the molecule is C[C@H]1CCCCC/C=C\[C@@H]2C[C@@]2(C(=O)NS(=O)(=O)C2(C)CC2)CC(=O)[C@@H]2C[C@@H](O)CN2C1=O.C[C@H]1CCCCC/C=C\[C@@H]2C[C@@]2(C(=O)NS(=O)(=O)C2(C)CC2)CC(=O)[C@@H]2C[C@@H](OC(=O)N3CCCC3)CN2C1=O.O=C(Cl)N1CCCC1. The van der Waals surface area contributed by atoms with Crippen molar-refractivity contribution in [2.75, 3.05) is 39.3 Å². The Labute approximate surface area is 483 Å². The predicted molar refractivity (Wildman–Crippen MR) is 302 cm³/mol. The van der Waals surface area contributed by atoms with Crippen molar-refractivity contribution < 1.29 is 65.0 Å². The van der Waals surface area contributed by atoms with E-state index in [1.54, 1.807) is 28.5 Å². The molecule has 0 spiro atoms. The topological polar surface area (TPSA) is 271 Å². The second-order valence-corrected chi connectivity index (χ2v) is 30.4. The highest BCUT2D eigenvalue weighted by atomic mass is 35.5. The molecular weight excluding hydrogens is 1100 g/mol. The highest BCUT2D eigenvalue weighted by Crippen LogP contribution is 2.59. The number of likely N-dealkylation sites (tertiary alicyclic amines) is 2. The van der Waals surface area contributed by atoms with Gasteiger partial charge in [-0.2, -0.15) is 0 Å². The lowest BCUT2D eigenvalue weighted by atomic mass is 9.91. The molecule has 0 bridgehead atoms. The molecule has 10 rings (SSSR count). The van der Waals surface area contributed by atoms with E-state index < -0.39 is 82.6 Å². The Kier molecular flexibility index (Phi) is 19.7. The van der Waals surface area contributed by atoms with Crippen LogP contribution in [0.5, 0.6) is 0 Å². The molecule has 6 aliphatic heterocycles. The van der Waals surface area contributed by atoms with Gasteiger partial charge in [0.25, 0.3) is 0 Å². The maximum Gasteiger partial charge on any atom is 0.410 e. The van der Waals surface area contributed by atoms with Gasteiger partial charge in [0.1, 0.15) is 6.10 Å². The quantitative estimate of drug-likeness (QED) is 0.134. The lowest BCUT2D eigenvalue weighted by Gasteiger charge is -2.28. The average molecular weight is 1190 g/mol. The number of amides is 6. The minimum absolute atomic E-state index is 0.120. The summed E-state index contributed by atoms with van der Waals surface area (Å²) in [5.41, 5.74) is -2.27. The molecule has 4 saturated carbocycles. The van der Waals surface area contributed by atoms with Crippen LogP contribution in [0.3, 0.4) is 0 Å². The molecule has 81 heavy (non-hydrogen) atoms. The molecule has 0 unspecified atom stereocenters. The van der Waals surface area contributed by atoms with Crippen molar-refractivity contribution in [2.45, 2.75) is 216 Å². The van der Waals surface area contributed by atoms with E-state index in [1.165, 1.54) is 4.90 Å². The molecule has 0 aromatic rings. The molecule has 8 fully saturated rings. The largest absolute Gasteiger partial charge is 0.444 e. The van der Waals surface area contributed by atoms with Gasteiger partial charge in [0.2, 0.25) is 43.7 Å². The third-order valence-corrected chi connectivity index (χ3v) is 23.8. The number of nitrogens with zero attached hydrogens (tertiary/aromatic N) is 4. The number of aliphatic hydroxyl groups excluding tert-OH is 1. The number of ketones is 2. The van der Waals surface area contributed by atoms with Crippen molar-refractivity contribution in [1.82, 2.24) is 29.0 Å². The maximum absolute atomic E-state index is 13.9. The number of nitrogens with one attached hydrogen (secondary N) is 2. The minimum Gasteiger partial charge on any atom is -0.444 e. The summed E-state index contributed by atoms with van der Waals surface area (Å²) in [4.78, 5) is 110. The Bertz CT molecular complexity index is 2700. The van der Waals surface area contributed by atoms with Crippen molar-refractivity contribution in [2.24, 2.45) is 34.5 Å². The molecule has 23 heteroatoms. The first-order chi connectivity index (χ1) is 38.2. The number of allylic oxidation sites excluding steroid dienone is 4. The van der Waals surface area contributed by atoms with Crippen LogP contribution in [0, 0.1) is 34.5 Å². The summed E-state index contributed by atoms with van der Waals surface area (Å²) in [6.07, 6.45) is 22.0. The van der Waals surface area contributed by atoms with Gasteiger partial charge in [0.05, 0.1) is 45.1 Å². The lowest BCUT2D eigenvalue weighted by Crippen LogP contribution is -2.46. The standard InChI is InChI=1S/C29H43N3O7S.C24H36N2O6S.C5H8ClNO/c1-20-10-6-4-3-5-7-11-21-17-29(21,26(35)30-40(37,38)28(2)12-13-28)18-24(33)23-16-22(19-32(23)25(20)34)39-27(36)31-14-8-9-15-31;1-16-8-6-4-3-5-7-9-17-13-24(17,22(30)25-33(31,32)23(2)10-11-23)14-20(28)19-12-18(27)15-26(19)21(16)29;6-5(8)7-3-1-2-4-7/h7,11,20-23H,3-6,8-10,12-19H2,1-2H3,(H,30,35);7,9,16-19,27H,3-6,8,10-15H2,1-2H3,(H,25,30);1-4H2/b11-7-;9-7-;/t20-,21+,22+,23-,29+;16-,17+,18+,19-,24+;/m00./s1. The molecule has 3 N–H and O–H groups in total. The van der Waals surface area contributed by atoms with Crippen LogP contribution in [0.2, 0.25) is 0 Å². The van der Waals surface area contributed by atoms with Crippen molar-refractivity contribution in [3.8, 4) is 0 Å². The summed E-state index contributed by atoms with van der Waals surface area (Å²) >= 11 is 5.17. The first-order valence-electron chi connectivity index (χ1n) is 30.0. The van der Waals surface area contributed by atoms with E-state index in [1.807, 2.05) is 38.2 Å². The Morgan fingerprint density at radius 2 is 1.02 bits per heavy atom. The van der Waals surface area contributed by atoms with Crippen molar-refractivity contribution >= 4 is 78.3 Å². The number of hydrogen-bond donors (Lipinski definition) is 3. The molecule has 10 aliphatic rings. The molecule has 0 aromatic heterocycles. The molecule has 10 atom stereocenters. The van der Waals surface area contributed by atoms with Crippen LogP contribution >= 0.6 is 11.6 Å². The van der Waals surface area contributed by atoms with E-state index in [-0.39, 0.29) is 91.2 Å². The zero-order valence-electron chi connectivity index (χ0n) is 47.9. The van der Waals surface area contributed by atoms with Gasteiger partial charge in [0, 0.05) is 70.2 Å². The Hall–Kier alpha value is -4.41. The number of sulfonamides is 2. The molecule has 452 valence electrons. The number of halogens is 1. The fourth-order valence-electron chi connectivity index (χ4n) is 12.6. The molecule has 6 heterocycles. The van der Waals surface area contributed by atoms with E-state index >= 15 is 0 Å². The summed E-state index contributed by atoms with van der Waals surface area (Å²) in [5, 5.41) is 9.92. The average Bonchev–Trinajstić information content (AvgIpc) is 4.56. The minimum atomic E-state index is -3.86. The van der Waals surface area contributed by atoms with Crippen LogP contribution in [0.1, 0.15) is 182 Å². The third kappa shape index (κ3) is 14.6. The molecular formula is C58H87ClN6O14S2. The van der Waals surface area contributed by atoms with Crippen LogP contribution in [0.4, 0.5) is 9.59 Å². The van der Waals surface area contributed by atoms with Gasteiger partial charge in [-0.1, -0.05) is 63.8 Å². The smallest absolute Gasteiger partial charge is 0.410 e. The van der Waals surface area contributed by atoms with Gasteiger partial charge < -0.3 is 29.4 Å². The monoisotopic (exact) mass is 1190 g/mol. The first-order valence-corrected chi connectivity index (χ1v) is 33.3. The normalized spacial score (nSPS) is 34.7. The fourth-order valence-corrected chi connectivity index (χ4v) is 15.5. The second-order valence-electron chi connectivity index (χ2n) is 25.7. The number of aliphatic hydroxyl groups is 1. The van der Waals surface area contributed by atoms with Crippen LogP contribution in [-0.4, -0.2) is 161 Å². The Morgan fingerprint density at radius 3 is 1.44 bits per heavy atom. The van der Waals surface area contributed by atoms with Crippen LogP contribution in [0.15, 0.2) is 24.3 Å². The molecule has 4 saturated heterocycles. The van der Waals surface area contributed by atoms with Crippen molar-refractivity contribution in [3.63, 3.8) is 0 Å². The van der Waals surface area contributed by atoms with Crippen LogP contribution < -0.4 is 9.44 Å². The zero-order valence-corrected chi connectivity index (χ0v) is 50.3. The van der Waals surface area contributed by atoms with Crippen molar-refractivity contribution in [3.05, 3.63) is 24.3 Å². The third-order valence-electron chi connectivity index (χ3n) is 19.2. The summed E-state index contributed by atoms with van der Waals surface area (Å²) in [6.45, 7) is 10.2. The van der Waals surface area contributed by atoms with Gasteiger partial charge in [-0.3, -0.25) is 43.0 Å². The number of carbonyl (C=O) groups is 8. The Balaban J connectivity index is 0.000000189. The van der Waals surface area contributed by atoms with Gasteiger partial charge in [-0.15, -0.1) is 0 Å². The Morgan fingerprint density at radius 1 is 0.605 bits per heavy atom. The van der Waals surface area contributed by atoms with E-state index in [0.29, 0.717) is 58.0 Å². The van der Waals surface area contributed by atoms with E-state index in [2.05, 4.69) is 9.44 Å². The number of hydrogen-bond acceptors (Lipinski definition) is 14. The zero-order chi connectivity index (χ0) is 58.7. The summed E-state index contributed by atoms with van der Waals surface area (Å²) in [6, 6.07) is -1.59. The summed E-state index contributed by atoms with van der Waals surface area (Å²) in [7, 11) is -7.67. The highest BCUT2D eigenvalue weighted by molar-refractivity contribution is 7.92. The molecule has 0 radical (unpaired) electrons. The number of fused-ring (bicyclic) bond motifs is 4. The van der Waals surface area contributed by atoms with Gasteiger partial charge >= 0.3 is 11.5 Å². The van der Waals surface area contributed by atoms with E-state index in [4.69, 9.17) is 16.3 Å². The first kappa shape index (κ1) is 62.6. The maximum atomic E-state index is 13.9. The predicted octanol–water partition coefficient (Wildman–Crippen LogP) is 6.82. The second kappa shape index (κ2) is 25.4. The number of ether oxygens (including phenoxy) is 1. The van der Waals surface area contributed by atoms with Gasteiger partial charge in [-0.25, -0.2) is 21.6 Å². The van der Waals surface area contributed by atoms with Crippen LogP contribution in [-0.2, 0) is 53.6 Å².